The molecule has 0 spiro atoms. The zero-order chi connectivity index (χ0) is 11.5. The lowest BCUT2D eigenvalue weighted by atomic mass is 9.90. The molecule has 0 saturated heterocycles. The molecular formula is C14H21NO. The SMILES string of the molecule is CC[C@@H](O)c1ccccc1N(C)C1CCC1. The van der Waals surface area contributed by atoms with Crippen molar-refractivity contribution < 1.29 is 5.11 Å². The Hall–Kier alpha value is -1.02. The second-order valence-corrected chi connectivity index (χ2v) is 4.68. The van der Waals surface area contributed by atoms with Gasteiger partial charge in [0.05, 0.1) is 6.10 Å². The molecule has 2 rings (SSSR count). The van der Waals surface area contributed by atoms with E-state index in [4.69, 9.17) is 0 Å². The van der Waals surface area contributed by atoms with Gasteiger partial charge in [0.1, 0.15) is 0 Å². The summed E-state index contributed by atoms with van der Waals surface area (Å²) < 4.78 is 0. The van der Waals surface area contributed by atoms with E-state index in [1.807, 2.05) is 19.1 Å². The normalized spacial score (nSPS) is 17.9. The van der Waals surface area contributed by atoms with Crippen molar-refractivity contribution in [3.63, 3.8) is 0 Å². The highest BCUT2D eigenvalue weighted by Gasteiger charge is 2.24. The predicted octanol–water partition coefficient (Wildman–Crippen LogP) is 3.12. The van der Waals surface area contributed by atoms with E-state index < -0.39 is 0 Å². The quantitative estimate of drug-likeness (QED) is 0.841. The Morgan fingerprint density at radius 3 is 2.62 bits per heavy atom. The maximum Gasteiger partial charge on any atom is 0.0807 e. The fourth-order valence-electron chi connectivity index (χ4n) is 2.28. The molecule has 1 saturated carbocycles. The third kappa shape index (κ3) is 2.07. The van der Waals surface area contributed by atoms with Crippen molar-refractivity contribution in [1.82, 2.24) is 0 Å². The van der Waals surface area contributed by atoms with Crippen LogP contribution in [0, 0.1) is 0 Å². The molecule has 88 valence electrons. The summed E-state index contributed by atoms with van der Waals surface area (Å²) in [6, 6.07) is 8.89. The number of aliphatic hydroxyl groups excluding tert-OH is 1. The summed E-state index contributed by atoms with van der Waals surface area (Å²) in [5.41, 5.74) is 2.26. The second-order valence-electron chi connectivity index (χ2n) is 4.68. The molecule has 0 radical (unpaired) electrons. The van der Waals surface area contributed by atoms with E-state index in [-0.39, 0.29) is 6.10 Å². The number of aliphatic hydroxyl groups is 1. The van der Waals surface area contributed by atoms with Crippen molar-refractivity contribution in [3.05, 3.63) is 29.8 Å². The molecule has 0 heterocycles. The van der Waals surface area contributed by atoms with Gasteiger partial charge in [-0.25, -0.2) is 0 Å². The first kappa shape index (κ1) is 11.5. The Bertz CT molecular complexity index is 346. The second kappa shape index (κ2) is 4.88. The van der Waals surface area contributed by atoms with Gasteiger partial charge in [0.25, 0.3) is 0 Å². The van der Waals surface area contributed by atoms with Gasteiger partial charge in [0.2, 0.25) is 0 Å². The molecule has 1 aromatic rings. The lowest BCUT2D eigenvalue weighted by molar-refractivity contribution is 0.174. The van der Waals surface area contributed by atoms with Gasteiger partial charge < -0.3 is 10.0 Å². The van der Waals surface area contributed by atoms with Crippen LogP contribution in [0.1, 0.15) is 44.3 Å². The van der Waals surface area contributed by atoms with Crippen LogP contribution in [-0.4, -0.2) is 18.2 Å². The van der Waals surface area contributed by atoms with Gasteiger partial charge in [-0.2, -0.15) is 0 Å². The summed E-state index contributed by atoms with van der Waals surface area (Å²) in [6.07, 6.45) is 4.35. The van der Waals surface area contributed by atoms with Crippen molar-refractivity contribution >= 4 is 5.69 Å². The lowest BCUT2D eigenvalue weighted by Gasteiger charge is -2.37. The maximum atomic E-state index is 10.0. The standard InChI is InChI=1S/C14H21NO/c1-3-14(16)12-9-4-5-10-13(12)15(2)11-7-6-8-11/h4-5,9-11,14,16H,3,6-8H2,1-2H3/t14-/m1/s1. The van der Waals surface area contributed by atoms with Crippen LogP contribution in [0.2, 0.25) is 0 Å². The molecule has 2 heteroatoms. The van der Waals surface area contributed by atoms with Crippen molar-refractivity contribution in [3.8, 4) is 0 Å². The maximum absolute atomic E-state index is 10.0. The molecule has 0 amide bonds. The van der Waals surface area contributed by atoms with Crippen LogP contribution in [0.15, 0.2) is 24.3 Å². The molecule has 0 aromatic heterocycles. The topological polar surface area (TPSA) is 23.5 Å². The van der Waals surface area contributed by atoms with Crippen LogP contribution in [-0.2, 0) is 0 Å². The lowest BCUT2D eigenvalue weighted by Crippen LogP contribution is -2.37. The van der Waals surface area contributed by atoms with Crippen molar-refractivity contribution in [2.45, 2.75) is 44.8 Å². The highest BCUT2D eigenvalue weighted by Crippen LogP contribution is 2.33. The summed E-state index contributed by atoms with van der Waals surface area (Å²) in [5, 5.41) is 10.0. The van der Waals surface area contributed by atoms with E-state index in [0.717, 1.165) is 12.0 Å². The summed E-state index contributed by atoms with van der Waals surface area (Å²) in [7, 11) is 2.14. The van der Waals surface area contributed by atoms with Crippen LogP contribution >= 0.6 is 0 Å². The summed E-state index contributed by atoms with van der Waals surface area (Å²) in [5.74, 6) is 0. The number of hydrogen-bond acceptors (Lipinski definition) is 2. The molecule has 16 heavy (non-hydrogen) atoms. The van der Waals surface area contributed by atoms with Gasteiger partial charge in [0.15, 0.2) is 0 Å². The van der Waals surface area contributed by atoms with Gasteiger partial charge in [-0.3, -0.25) is 0 Å². The third-order valence-electron chi connectivity index (χ3n) is 3.68. The average Bonchev–Trinajstić information content (AvgIpc) is 2.25. The van der Waals surface area contributed by atoms with E-state index in [2.05, 4.69) is 24.1 Å². The number of para-hydroxylation sites is 1. The van der Waals surface area contributed by atoms with Gasteiger partial charge >= 0.3 is 0 Å². The van der Waals surface area contributed by atoms with E-state index in [1.54, 1.807) is 0 Å². The zero-order valence-corrected chi connectivity index (χ0v) is 10.2. The zero-order valence-electron chi connectivity index (χ0n) is 10.2. The number of rotatable bonds is 4. The Morgan fingerprint density at radius 2 is 2.06 bits per heavy atom. The fourth-order valence-corrected chi connectivity index (χ4v) is 2.28. The van der Waals surface area contributed by atoms with Crippen LogP contribution in [0.3, 0.4) is 0 Å². The van der Waals surface area contributed by atoms with Crippen molar-refractivity contribution in [2.24, 2.45) is 0 Å². The van der Waals surface area contributed by atoms with Crippen LogP contribution in [0.5, 0.6) is 0 Å². The molecule has 0 unspecified atom stereocenters. The van der Waals surface area contributed by atoms with Gasteiger partial charge in [-0.15, -0.1) is 0 Å². The van der Waals surface area contributed by atoms with E-state index in [0.29, 0.717) is 6.04 Å². The highest BCUT2D eigenvalue weighted by molar-refractivity contribution is 5.55. The van der Waals surface area contributed by atoms with Crippen LogP contribution in [0.4, 0.5) is 5.69 Å². The first-order valence-electron chi connectivity index (χ1n) is 6.24. The predicted molar refractivity (Wildman–Crippen MR) is 67.7 cm³/mol. The number of nitrogens with zero attached hydrogens (tertiary/aromatic N) is 1. The number of hydrogen-bond donors (Lipinski definition) is 1. The fraction of sp³-hybridized carbons (Fsp3) is 0.571. The van der Waals surface area contributed by atoms with Crippen molar-refractivity contribution in [2.75, 3.05) is 11.9 Å². The third-order valence-corrected chi connectivity index (χ3v) is 3.68. The Kier molecular flexibility index (Phi) is 3.49. The van der Waals surface area contributed by atoms with Crippen molar-refractivity contribution in [1.29, 1.82) is 0 Å². The summed E-state index contributed by atoms with van der Waals surface area (Å²) in [4.78, 5) is 2.33. The monoisotopic (exact) mass is 219 g/mol. The number of benzene rings is 1. The molecule has 1 aliphatic rings. The molecule has 2 nitrogen and oxygen atoms in total. The first-order chi connectivity index (χ1) is 7.74. The molecular weight excluding hydrogens is 198 g/mol. The Balaban J connectivity index is 2.24. The molecule has 1 aliphatic carbocycles. The Labute approximate surface area is 97.9 Å². The minimum absolute atomic E-state index is 0.335. The number of anilines is 1. The van der Waals surface area contributed by atoms with E-state index >= 15 is 0 Å². The van der Waals surface area contributed by atoms with Gasteiger partial charge in [0, 0.05) is 24.3 Å². The summed E-state index contributed by atoms with van der Waals surface area (Å²) >= 11 is 0. The van der Waals surface area contributed by atoms with Crippen LogP contribution in [0.25, 0.3) is 0 Å². The molecule has 1 aromatic carbocycles. The van der Waals surface area contributed by atoms with E-state index in [1.165, 1.54) is 24.9 Å². The molecule has 1 N–H and O–H groups in total. The highest BCUT2D eigenvalue weighted by atomic mass is 16.3. The molecule has 1 fully saturated rings. The minimum Gasteiger partial charge on any atom is -0.388 e. The van der Waals surface area contributed by atoms with Crippen LogP contribution < -0.4 is 4.90 Å². The summed E-state index contributed by atoms with van der Waals surface area (Å²) in [6.45, 7) is 2.02. The van der Waals surface area contributed by atoms with E-state index in [9.17, 15) is 5.11 Å². The van der Waals surface area contributed by atoms with Gasteiger partial charge in [-0.05, 0) is 31.7 Å². The Morgan fingerprint density at radius 1 is 1.38 bits per heavy atom. The smallest absolute Gasteiger partial charge is 0.0807 e. The molecule has 0 bridgehead atoms. The molecule has 0 aliphatic heterocycles. The average molecular weight is 219 g/mol. The first-order valence-corrected chi connectivity index (χ1v) is 6.24. The molecule has 1 atom stereocenters. The minimum atomic E-state index is -0.335. The largest absolute Gasteiger partial charge is 0.388 e. The van der Waals surface area contributed by atoms with Gasteiger partial charge in [-0.1, -0.05) is 25.1 Å².